The molecule has 132 valence electrons. The minimum Gasteiger partial charge on any atom is -0.490 e. The summed E-state index contributed by atoms with van der Waals surface area (Å²) in [5.74, 6) is 0.154. The summed E-state index contributed by atoms with van der Waals surface area (Å²) in [6.45, 7) is 9.48. The van der Waals surface area contributed by atoms with E-state index in [0.717, 1.165) is 11.1 Å². The Morgan fingerprint density at radius 3 is 2.52 bits per heavy atom. The summed E-state index contributed by atoms with van der Waals surface area (Å²) in [6, 6.07) is 12.0. The maximum Gasteiger partial charge on any atom is 0.333 e. The van der Waals surface area contributed by atoms with Gasteiger partial charge in [0, 0.05) is 11.1 Å². The average Bonchev–Trinajstić information content (AvgIpc) is 2.58. The molecule has 2 aromatic rings. The second-order valence-electron chi connectivity index (χ2n) is 6.06. The highest BCUT2D eigenvalue weighted by atomic mass is 16.6. The van der Waals surface area contributed by atoms with E-state index in [1.54, 1.807) is 6.92 Å². The van der Waals surface area contributed by atoms with Crippen molar-refractivity contribution in [2.24, 2.45) is 0 Å². The van der Waals surface area contributed by atoms with Crippen LogP contribution in [0.2, 0.25) is 0 Å². The SMILES string of the molecule is C=C(C)C(=O)OCCOc1cc(-c2ccc(C)cc2C)ccc1CO. The normalized spacial score (nSPS) is 10.4. The number of carbonyl (C=O) groups is 1. The predicted molar refractivity (Wildman–Crippen MR) is 98.5 cm³/mol. The minimum absolute atomic E-state index is 0.117. The number of aryl methyl sites for hydroxylation is 2. The van der Waals surface area contributed by atoms with Crippen molar-refractivity contribution < 1.29 is 19.4 Å². The lowest BCUT2D eigenvalue weighted by molar-refractivity contribution is -0.139. The molecule has 0 radical (unpaired) electrons. The van der Waals surface area contributed by atoms with Crippen LogP contribution in [0, 0.1) is 13.8 Å². The molecule has 0 aliphatic rings. The molecule has 0 saturated heterocycles. The fraction of sp³-hybridized carbons (Fsp3) is 0.286. The molecule has 2 aromatic carbocycles. The van der Waals surface area contributed by atoms with E-state index >= 15 is 0 Å². The lowest BCUT2D eigenvalue weighted by Crippen LogP contribution is -2.13. The van der Waals surface area contributed by atoms with E-state index in [2.05, 4.69) is 38.6 Å². The number of hydrogen-bond acceptors (Lipinski definition) is 4. The first-order valence-electron chi connectivity index (χ1n) is 8.19. The van der Waals surface area contributed by atoms with Gasteiger partial charge in [-0.05, 0) is 43.5 Å². The standard InChI is InChI=1S/C21H24O4/c1-14(2)21(23)25-10-9-24-20-12-17(6-7-18(20)13-22)19-8-5-15(3)11-16(19)4/h5-8,11-12,22H,1,9-10,13H2,2-4H3. The Morgan fingerprint density at radius 2 is 1.88 bits per heavy atom. The Bertz CT molecular complexity index is 777. The Balaban J connectivity index is 2.14. The summed E-state index contributed by atoms with van der Waals surface area (Å²) in [7, 11) is 0. The number of carbonyl (C=O) groups excluding carboxylic acids is 1. The molecule has 2 rings (SSSR count). The smallest absolute Gasteiger partial charge is 0.333 e. The van der Waals surface area contributed by atoms with Crippen molar-refractivity contribution in [1.29, 1.82) is 0 Å². The summed E-state index contributed by atoms with van der Waals surface area (Å²) in [4.78, 5) is 11.4. The Labute approximate surface area is 148 Å². The van der Waals surface area contributed by atoms with Crippen LogP contribution in [0.4, 0.5) is 0 Å². The minimum atomic E-state index is -0.435. The van der Waals surface area contributed by atoms with Crippen LogP contribution >= 0.6 is 0 Å². The van der Waals surface area contributed by atoms with Crippen molar-refractivity contribution in [3.8, 4) is 16.9 Å². The first-order chi connectivity index (χ1) is 11.9. The van der Waals surface area contributed by atoms with Crippen LogP contribution in [0.3, 0.4) is 0 Å². The van der Waals surface area contributed by atoms with Gasteiger partial charge < -0.3 is 14.6 Å². The molecular formula is C21H24O4. The maximum absolute atomic E-state index is 11.4. The molecular weight excluding hydrogens is 316 g/mol. The third-order valence-corrected chi connectivity index (χ3v) is 3.85. The molecule has 0 aliphatic heterocycles. The van der Waals surface area contributed by atoms with E-state index in [1.807, 2.05) is 18.2 Å². The second kappa shape index (κ2) is 8.49. The highest BCUT2D eigenvalue weighted by Gasteiger charge is 2.09. The van der Waals surface area contributed by atoms with E-state index in [1.165, 1.54) is 11.1 Å². The Kier molecular flexibility index (Phi) is 6.37. The highest BCUT2D eigenvalue weighted by molar-refractivity contribution is 5.86. The maximum atomic E-state index is 11.4. The van der Waals surface area contributed by atoms with Crippen molar-refractivity contribution in [3.63, 3.8) is 0 Å². The third-order valence-electron chi connectivity index (χ3n) is 3.85. The van der Waals surface area contributed by atoms with E-state index in [9.17, 15) is 9.90 Å². The first-order valence-corrected chi connectivity index (χ1v) is 8.19. The zero-order chi connectivity index (χ0) is 18.4. The molecule has 4 heteroatoms. The molecule has 0 aliphatic carbocycles. The largest absolute Gasteiger partial charge is 0.490 e. The van der Waals surface area contributed by atoms with Crippen molar-refractivity contribution in [3.05, 3.63) is 65.2 Å². The number of rotatable bonds is 7. The summed E-state index contributed by atoms with van der Waals surface area (Å²) in [5, 5.41) is 9.51. The van der Waals surface area contributed by atoms with Gasteiger partial charge in [-0.15, -0.1) is 0 Å². The molecule has 0 saturated carbocycles. The molecule has 0 bridgehead atoms. The summed E-state index contributed by atoms with van der Waals surface area (Å²) in [5.41, 5.74) is 5.58. The van der Waals surface area contributed by atoms with Gasteiger partial charge in [0.1, 0.15) is 19.0 Å². The van der Waals surface area contributed by atoms with Crippen LogP contribution in [-0.2, 0) is 16.1 Å². The van der Waals surface area contributed by atoms with Crippen molar-refractivity contribution in [2.45, 2.75) is 27.4 Å². The van der Waals surface area contributed by atoms with Gasteiger partial charge in [0.05, 0.1) is 6.61 Å². The summed E-state index contributed by atoms with van der Waals surface area (Å²) >= 11 is 0. The van der Waals surface area contributed by atoms with E-state index in [-0.39, 0.29) is 19.8 Å². The van der Waals surface area contributed by atoms with Gasteiger partial charge in [-0.2, -0.15) is 0 Å². The number of hydrogen-bond donors (Lipinski definition) is 1. The molecule has 0 spiro atoms. The Morgan fingerprint density at radius 1 is 1.12 bits per heavy atom. The fourth-order valence-electron chi connectivity index (χ4n) is 2.53. The summed E-state index contributed by atoms with van der Waals surface area (Å²) < 4.78 is 10.7. The third kappa shape index (κ3) is 4.94. The van der Waals surface area contributed by atoms with E-state index < -0.39 is 5.97 Å². The molecule has 25 heavy (non-hydrogen) atoms. The van der Waals surface area contributed by atoms with E-state index in [4.69, 9.17) is 9.47 Å². The molecule has 0 atom stereocenters. The zero-order valence-corrected chi connectivity index (χ0v) is 15.0. The molecule has 1 N–H and O–H groups in total. The second-order valence-corrected chi connectivity index (χ2v) is 6.06. The van der Waals surface area contributed by atoms with Crippen LogP contribution < -0.4 is 4.74 Å². The lowest BCUT2D eigenvalue weighted by Gasteiger charge is -2.14. The number of benzene rings is 2. The number of ether oxygens (including phenoxy) is 2. The van der Waals surface area contributed by atoms with Gasteiger partial charge in [-0.3, -0.25) is 0 Å². The lowest BCUT2D eigenvalue weighted by atomic mass is 9.97. The van der Waals surface area contributed by atoms with Gasteiger partial charge in [-0.25, -0.2) is 4.79 Å². The molecule has 0 aromatic heterocycles. The molecule has 0 heterocycles. The monoisotopic (exact) mass is 340 g/mol. The van der Waals surface area contributed by atoms with Crippen LogP contribution in [0.25, 0.3) is 11.1 Å². The number of esters is 1. The topological polar surface area (TPSA) is 55.8 Å². The van der Waals surface area contributed by atoms with Crippen molar-refractivity contribution in [1.82, 2.24) is 0 Å². The predicted octanol–water partition coefficient (Wildman–Crippen LogP) is 3.96. The van der Waals surface area contributed by atoms with Crippen molar-refractivity contribution in [2.75, 3.05) is 13.2 Å². The Hall–Kier alpha value is -2.59. The van der Waals surface area contributed by atoms with Crippen LogP contribution in [0.15, 0.2) is 48.6 Å². The highest BCUT2D eigenvalue weighted by Crippen LogP contribution is 2.30. The zero-order valence-electron chi connectivity index (χ0n) is 15.0. The van der Waals surface area contributed by atoms with Crippen LogP contribution in [0.1, 0.15) is 23.6 Å². The molecule has 4 nitrogen and oxygen atoms in total. The summed E-state index contributed by atoms with van der Waals surface area (Å²) in [6.07, 6.45) is 0. The van der Waals surface area contributed by atoms with Crippen LogP contribution in [0.5, 0.6) is 5.75 Å². The van der Waals surface area contributed by atoms with Gasteiger partial charge in [-0.1, -0.05) is 42.5 Å². The fourth-order valence-corrected chi connectivity index (χ4v) is 2.53. The average molecular weight is 340 g/mol. The van der Waals surface area contributed by atoms with Gasteiger partial charge in [0.2, 0.25) is 0 Å². The quantitative estimate of drug-likeness (QED) is 0.471. The molecule has 0 amide bonds. The number of aliphatic hydroxyl groups is 1. The number of aliphatic hydroxyl groups excluding tert-OH is 1. The van der Waals surface area contributed by atoms with Crippen molar-refractivity contribution >= 4 is 5.97 Å². The van der Waals surface area contributed by atoms with E-state index in [0.29, 0.717) is 16.9 Å². The van der Waals surface area contributed by atoms with Crippen LogP contribution in [-0.4, -0.2) is 24.3 Å². The van der Waals surface area contributed by atoms with Gasteiger partial charge in [0.15, 0.2) is 0 Å². The molecule has 0 unspecified atom stereocenters. The first kappa shape index (κ1) is 18.7. The van der Waals surface area contributed by atoms with Gasteiger partial charge in [0.25, 0.3) is 0 Å². The van der Waals surface area contributed by atoms with Gasteiger partial charge >= 0.3 is 5.97 Å². The molecule has 0 fully saturated rings.